The van der Waals surface area contributed by atoms with E-state index in [0.717, 1.165) is 75.0 Å². The molecule has 2 aliphatic carbocycles. The minimum Gasteiger partial charge on any atom is -0.489 e. The van der Waals surface area contributed by atoms with Crippen LogP contribution in [0.4, 0.5) is 0 Å². The van der Waals surface area contributed by atoms with Gasteiger partial charge in [-0.15, -0.1) is 0 Å². The lowest BCUT2D eigenvalue weighted by atomic mass is 9.85. The van der Waals surface area contributed by atoms with Gasteiger partial charge in [0.15, 0.2) is 5.69 Å². The van der Waals surface area contributed by atoms with E-state index in [4.69, 9.17) is 9.84 Å². The molecule has 1 saturated carbocycles. The van der Waals surface area contributed by atoms with Crippen molar-refractivity contribution >= 4 is 11.8 Å². The third-order valence-electron chi connectivity index (χ3n) is 8.41. The summed E-state index contributed by atoms with van der Waals surface area (Å²) in [7, 11) is 0. The van der Waals surface area contributed by atoms with Crippen LogP contribution in [0, 0.1) is 19.8 Å². The molecular weight excluding hydrogens is 466 g/mol. The topological polar surface area (TPSA) is 89.4 Å². The number of rotatable bonds is 7. The monoisotopic (exact) mass is 507 g/mol. The Hall–Kier alpha value is -2.90. The number of likely N-dealkylation sites (tertiary alicyclic amines) is 1. The molecule has 0 unspecified atom stereocenters. The highest BCUT2D eigenvalue weighted by Gasteiger charge is 2.31. The SMILES string of the molecule is CC(=O)NC1CCN(C(=O)c2nn(CC[C@H]3CC[C@@H](Oc4ccc(C)nc4C)CC3)c3c2CCC3)CC1. The molecule has 3 aliphatic rings. The summed E-state index contributed by atoms with van der Waals surface area (Å²) in [5, 5.41) is 7.86. The van der Waals surface area contributed by atoms with E-state index in [-0.39, 0.29) is 24.0 Å². The van der Waals surface area contributed by atoms with E-state index in [1.165, 1.54) is 24.1 Å². The van der Waals surface area contributed by atoms with Crippen molar-refractivity contribution in [2.45, 2.75) is 104 Å². The zero-order valence-corrected chi connectivity index (χ0v) is 22.6. The number of hydrogen-bond donors (Lipinski definition) is 1. The van der Waals surface area contributed by atoms with Gasteiger partial charge in [-0.1, -0.05) is 0 Å². The first kappa shape index (κ1) is 25.7. The van der Waals surface area contributed by atoms with Gasteiger partial charge in [-0.3, -0.25) is 19.3 Å². The molecule has 2 aromatic rings. The number of carbonyl (C=O) groups excluding carboxylic acids is 2. The lowest BCUT2D eigenvalue weighted by Crippen LogP contribution is -2.46. The molecule has 37 heavy (non-hydrogen) atoms. The Balaban J connectivity index is 1.14. The van der Waals surface area contributed by atoms with E-state index in [2.05, 4.69) is 15.0 Å². The van der Waals surface area contributed by atoms with E-state index in [1.54, 1.807) is 6.92 Å². The van der Waals surface area contributed by atoms with Crippen LogP contribution in [0.1, 0.15) is 91.4 Å². The summed E-state index contributed by atoms with van der Waals surface area (Å²) < 4.78 is 8.43. The van der Waals surface area contributed by atoms with Gasteiger partial charge in [-0.2, -0.15) is 5.10 Å². The highest BCUT2D eigenvalue weighted by atomic mass is 16.5. The Labute approximate surface area is 220 Å². The molecule has 0 atom stereocenters. The Bertz CT molecular complexity index is 1130. The number of nitrogens with one attached hydrogen (secondary N) is 1. The molecule has 0 radical (unpaired) electrons. The third kappa shape index (κ3) is 5.99. The Morgan fingerprint density at radius 3 is 2.51 bits per heavy atom. The predicted octanol–water partition coefficient (Wildman–Crippen LogP) is 4.15. The second-order valence-electron chi connectivity index (χ2n) is 11.2. The molecule has 8 nitrogen and oxygen atoms in total. The zero-order chi connectivity index (χ0) is 25.9. The number of carbonyl (C=O) groups is 2. The summed E-state index contributed by atoms with van der Waals surface area (Å²) in [6, 6.07) is 4.23. The second-order valence-corrected chi connectivity index (χ2v) is 11.2. The van der Waals surface area contributed by atoms with Gasteiger partial charge in [0.2, 0.25) is 5.91 Å². The maximum absolute atomic E-state index is 13.4. The Morgan fingerprint density at radius 2 is 1.81 bits per heavy atom. The number of aryl methyl sites for hydroxylation is 3. The standard InChI is InChI=1S/C29H41N5O3/c1-19-7-12-27(20(2)30-19)37-24-10-8-22(9-11-24)13-18-34-26-6-4-5-25(26)28(32-34)29(36)33-16-14-23(15-17-33)31-21(3)35/h7,12,22-24H,4-6,8-11,13-18H2,1-3H3,(H,31,35)/t22-,24+. The molecule has 1 saturated heterocycles. The molecule has 0 bridgehead atoms. The van der Waals surface area contributed by atoms with Gasteiger partial charge < -0.3 is 15.0 Å². The summed E-state index contributed by atoms with van der Waals surface area (Å²) in [6.07, 6.45) is 10.5. The van der Waals surface area contributed by atoms with Gasteiger partial charge in [-0.25, -0.2) is 0 Å². The Kier molecular flexibility index (Phi) is 7.81. The van der Waals surface area contributed by atoms with E-state index < -0.39 is 0 Å². The van der Waals surface area contributed by atoms with Crippen LogP contribution < -0.4 is 10.1 Å². The largest absolute Gasteiger partial charge is 0.489 e. The van der Waals surface area contributed by atoms with Gasteiger partial charge in [0.25, 0.3) is 5.91 Å². The number of aromatic nitrogens is 3. The minimum absolute atomic E-state index is 0.000941. The molecule has 1 N–H and O–H groups in total. The second kappa shape index (κ2) is 11.2. The summed E-state index contributed by atoms with van der Waals surface area (Å²) >= 11 is 0. The summed E-state index contributed by atoms with van der Waals surface area (Å²) in [5.74, 6) is 1.65. The van der Waals surface area contributed by atoms with Crippen LogP contribution >= 0.6 is 0 Å². The minimum atomic E-state index is 0.000941. The van der Waals surface area contributed by atoms with Crippen LogP contribution in [0.5, 0.6) is 5.75 Å². The van der Waals surface area contributed by atoms with Crippen LogP contribution in [0.3, 0.4) is 0 Å². The van der Waals surface area contributed by atoms with Crippen molar-refractivity contribution in [1.82, 2.24) is 25.0 Å². The van der Waals surface area contributed by atoms with E-state index in [0.29, 0.717) is 24.7 Å². The van der Waals surface area contributed by atoms with E-state index in [1.807, 2.05) is 30.9 Å². The van der Waals surface area contributed by atoms with Crippen LogP contribution in [0.15, 0.2) is 12.1 Å². The normalized spacial score (nSPS) is 22.1. The molecule has 5 rings (SSSR count). The number of pyridine rings is 1. The van der Waals surface area contributed by atoms with Crippen molar-refractivity contribution in [2.24, 2.45) is 5.92 Å². The van der Waals surface area contributed by atoms with Gasteiger partial charge in [0.1, 0.15) is 5.75 Å². The van der Waals surface area contributed by atoms with Crippen LogP contribution in [0.25, 0.3) is 0 Å². The molecule has 8 heteroatoms. The van der Waals surface area contributed by atoms with Gasteiger partial charge >= 0.3 is 0 Å². The number of fused-ring (bicyclic) bond motifs is 1. The van der Waals surface area contributed by atoms with Gasteiger partial charge in [0, 0.05) is 49.6 Å². The molecule has 0 aromatic carbocycles. The van der Waals surface area contributed by atoms with Crippen LogP contribution in [-0.4, -0.2) is 56.7 Å². The fourth-order valence-electron chi connectivity index (χ4n) is 6.35. The highest BCUT2D eigenvalue weighted by molar-refractivity contribution is 5.94. The third-order valence-corrected chi connectivity index (χ3v) is 8.41. The summed E-state index contributed by atoms with van der Waals surface area (Å²) in [6.45, 7) is 7.81. The number of piperidine rings is 1. The quantitative estimate of drug-likeness (QED) is 0.608. The smallest absolute Gasteiger partial charge is 0.274 e. The lowest BCUT2D eigenvalue weighted by Gasteiger charge is -2.32. The van der Waals surface area contributed by atoms with Crippen molar-refractivity contribution < 1.29 is 14.3 Å². The fraction of sp³-hybridized carbons (Fsp3) is 0.655. The van der Waals surface area contributed by atoms with Gasteiger partial charge in [0.05, 0.1) is 11.8 Å². The molecule has 2 amide bonds. The van der Waals surface area contributed by atoms with Crippen LogP contribution in [-0.2, 0) is 24.2 Å². The summed E-state index contributed by atoms with van der Waals surface area (Å²) in [4.78, 5) is 31.2. The maximum Gasteiger partial charge on any atom is 0.274 e. The summed E-state index contributed by atoms with van der Waals surface area (Å²) in [5.41, 5.74) is 5.11. The molecular formula is C29H41N5O3. The van der Waals surface area contributed by atoms with Crippen molar-refractivity contribution in [1.29, 1.82) is 0 Å². The molecule has 1 aliphatic heterocycles. The first-order valence-electron chi connectivity index (χ1n) is 14.1. The van der Waals surface area contributed by atoms with Crippen molar-refractivity contribution in [2.75, 3.05) is 13.1 Å². The first-order chi connectivity index (χ1) is 17.9. The zero-order valence-electron chi connectivity index (χ0n) is 22.6. The molecule has 3 heterocycles. The van der Waals surface area contributed by atoms with Crippen LogP contribution in [0.2, 0.25) is 0 Å². The predicted molar refractivity (Wildman–Crippen MR) is 142 cm³/mol. The average Bonchev–Trinajstić information content (AvgIpc) is 3.48. The Morgan fingerprint density at radius 1 is 1.05 bits per heavy atom. The highest BCUT2D eigenvalue weighted by Crippen LogP contribution is 2.32. The maximum atomic E-state index is 13.4. The molecule has 2 aromatic heterocycles. The van der Waals surface area contributed by atoms with Gasteiger partial charge in [-0.05, 0) is 96.1 Å². The van der Waals surface area contributed by atoms with Crippen molar-refractivity contribution in [3.8, 4) is 5.75 Å². The number of amides is 2. The number of ether oxygens (including phenoxy) is 1. The first-order valence-corrected chi connectivity index (χ1v) is 14.1. The average molecular weight is 508 g/mol. The molecule has 2 fully saturated rings. The van der Waals surface area contributed by atoms with E-state index >= 15 is 0 Å². The molecule has 0 spiro atoms. The van der Waals surface area contributed by atoms with Crippen molar-refractivity contribution in [3.63, 3.8) is 0 Å². The number of nitrogens with zero attached hydrogens (tertiary/aromatic N) is 4. The van der Waals surface area contributed by atoms with E-state index in [9.17, 15) is 9.59 Å². The van der Waals surface area contributed by atoms with Crippen molar-refractivity contribution in [3.05, 3.63) is 40.5 Å². The molecule has 200 valence electrons. The lowest BCUT2D eigenvalue weighted by molar-refractivity contribution is -0.119. The number of hydrogen-bond acceptors (Lipinski definition) is 5. The fourth-order valence-corrected chi connectivity index (χ4v) is 6.35.